The van der Waals surface area contributed by atoms with E-state index >= 15 is 0 Å². The van der Waals surface area contributed by atoms with Gasteiger partial charge in [-0.3, -0.25) is 0 Å². The third-order valence-electron chi connectivity index (χ3n) is 2.88. The molecule has 2 heterocycles. The molecule has 0 unspecified atom stereocenters. The van der Waals surface area contributed by atoms with Crippen molar-refractivity contribution >= 4 is 54.6 Å². The summed E-state index contributed by atoms with van der Waals surface area (Å²) in [5.41, 5.74) is 0. The summed E-state index contributed by atoms with van der Waals surface area (Å²) in [6.07, 6.45) is 0. The first-order valence-corrected chi connectivity index (χ1v) is 9.13. The lowest BCUT2D eigenvalue weighted by atomic mass is 10.4. The molecule has 1 N–H and O–H groups in total. The zero-order valence-electron chi connectivity index (χ0n) is 10.3. The molecule has 1 fully saturated rings. The van der Waals surface area contributed by atoms with Crippen LogP contribution in [0.4, 0.5) is 0 Å². The molecule has 0 aromatic carbocycles. The minimum atomic E-state index is -3.37. The van der Waals surface area contributed by atoms with Gasteiger partial charge in [0.25, 0.3) is 10.0 Å². The Hall–Kier alpha value is -0.220. The van der Waals surface area contributed by atoms with Crippen molar-refractivity contribution in [1.82, 2.24) is 14.5 Å². The molecule has 0 spiro atoms. The number of hydrogen-bond donors (Lipinski definition) is 1. The van der Waals surface area contributed by atoms with Crippen molar-refractivity contribution in [3.8, 4) is 0 Å². The van der Waals surface area contributed by atoms with Crippen LogP contribution in [0.15, 0.2) is 20.1 Å². The Morgan fingerprint density at radius 3 is 2.47 bits per heavy atom. The van der Waals surface area contributed by atoms with E-state index in [-0.39, 0.29) is 0 Å². The molecule has 19 heavy (non-hydrogen) atoms. The second-order valence-corrected chi connectivity index (χ2v) is 9.02. The smallest absolute Gasteiger partial charge is 0.252 e. The molecule has 0 aliphatic carbocycles. The van der Waals surface area contributed by atoms with Crippen molar-refractivity contribution in [2.24, 2.45) is 0 Å². The van der Waals surface area contributed by atoms with Gasteiger partial charge in [-0.15, -0.1) is 11.3 Å². The molecule has 5 nitrogen and oxygen atoms in total. The van der Waals surface area contributed by atoms with Crippen LogP contribution in [-0.2, 0) is 10.0 Å². The number of hydrogen-bond acceptors (Lipinski definition) is 4. The molecule has 0 radical (unpaired) electrons. The SMILES string of the molecule is CNC(=S)N1CCN(S(=O)(=O)c2ccc(Br)s2)CC1. The van der Waals surface area contributed by atoms with E-state index in [1.54, 1.807) is 19.2 Å². The number of rotatable bonds is 2. The second kappa shape index (κ2) is 6.04. The lowest BCUT2D eigenvalue weighted by molar-refractivity contribution is 0.265. The first-order valence-electron chi connectivity index (χ1n) is 5.67. The number of thiocarbonyl (C=S) groups is 1. The molecule has 106 valence electrons. The predicted octanol–water partition coefficient (Wildman–Crippen LogP) is 1.32. The molecule has 1 aliphatic heterocycles. The molecule has 1 aliphatic rings. The maximum Gasteiger partial charge on any atom is 0.252 e. The van der Waals surface area contributed by atoms with Gasteiger partial charge in [-0.05, 0) is 40.3 Å². The maximum absolute atomic E-state index is 12.4. The molecular formula is C10H14BrN3O2S3. The van der Waals surface area contributed by atoms with Crippen molar-refractivity contribution in [2.75, 3.05) is 33.2 Å². The van der Waals surface area contributed by atoms with Gasteiger partial charge in [-0.1, -0.05) is 0 Å². The molecule has 1 saturated heterocycles. The van der Waals surface area contributed by atoms with Crippen LogP contribution in [0.1, 0.15) is 0 Å². The van der Waals surface area contributed by atoms with Gasteiger partial charge in [0.05, 0.1) is 3.79 Å². The molecular weight excluding hydrogens is 370 g/mol. The molecule has 0 saturated carbocycles. The predicted molar refractivity (Wildman–Crippen MR) is 84.0 cm³/mol. The van der Waals surface area contributed by atoms with Gasteiger partial charge < -0.3 is 10.2 Å². The van der Waals surface area contributed by atoms with Crippen LogP contribution in [0.25, 0.3) is 0 Å². The first-order chi connectivity index (χ1) is 8.95. The highest BCUT2D eigenvalue weighted by Crippen LogP contribution is 2.28. The number of thiophene rings is 1. The standard InChI is InChI=1S/C10H14BrN3O2S3/c1-12-10(17)13-4-6-14(7-5-13)19(15,16)9-3-2-8(11)18-9/h2-3H,4-7H2,1H3,(H,12,17). The fourth-order valence-electron chi connectivity index (χ4n) is 1.85. The van der Waals surface area contributed by atoms with Crippen LogP contribution in [0.2, 0.25) is 0 Å². The Morgan fingerprint density at radius 1 is 1.37 bits per heavy atom. The summed E-state index contributed by atoms with van der Waals surface area (Å²) in [6.45, 7) is 2.15. The van der Waals surface area contributed by atoms with Gasteiger partial charge in [0.15, 0.2) is 5.11 Å². The zero-order valence-corrected chi connectivity index (χ0v) is 14.3. The highest BCUT2D eigenvalue weighted by atomic mass is 79.9. The van der Waals surface area contributed by atoms with E-state index in [1.807, 2.05) is 4.90 Å². The van der Waals surface area contributed by atoms with Crippen LogP contribution in [0.5, 0.6) is 0 Å². The van der Waals surface area contributed by atoms with Gasteiger partial charge >= 0.3 is 0 Å². The van der Waals surface area contributed by atoms with Crippen molar-refractivity contribution in [3.63, 3.8) is 0 Å². The van der Waals surface area contributed by atoms with Crippen molar-refractivity contribution in [3.05, 3.63) is 15.9 Å². The number of nitrogens with zero attached hydrogens (tertiary/aromatic N) is 2. The Balaban J connectivity index is 2.07. The summed E-state index contributed by atoms with van der Waals surface area (Å²) < 4.78 is 27.5. The van der Waals surface area contributed by atoms with Crippen molar-refractivity contribution in [1.29, 1.82) is 0 Å². The van der Waals surface area contributed by atoms with E-state index in [0.717, 1.165) is 3.79 Å². The Labute approximate surface area is 130 Å². The zero-order chi connectivity index (χ0) is 14.0. The largest absolute Gasteiger partial charge is 0.366 e. The topological polar surface area (TPSA) is 52.6 Å². The van der Waals surface area contributed by atoms with E-state index in [9.17, 15) is 8.42 Å². The van der Waals surface area contributed by atoms with Gasteiger partial charge in [0.1, 0.15) is 4.21 Å². The Bertz CT molecular complexity index is 564. The highest BCUT2D eigenvalue weighted by Gasteiger charge is 2.30. The summed E-state index contributed by atoms with van der Waals surface area (Å²) in [5, 5.41) is 3.57. The van der Waals surface area contributed by atoms with Gasteiger partial charge in [-0.25, -0.2) is 8.42 Å². The minimum Gasteiger partial charge on any atom is -0.366 e. The quantitative estimate of drug-likeness (QED) is 0.780. The fourth-order valence-corrected chi connectivity index (χ4v) is 5.62. The van der Waals surface area contributed by atoms with Gasteiger partial charge in [0, 0.05) is 33.2 Å². The minimum absolute atomic E-state index is 0.379. The molecule has 2 rings (SSSR count). The average Bonchev–Trinajstić information content (AvgIpc) is 2.85. The van der Waals surface area contributed by atoms with E-state index in [4.69, 9.17) is 12.2 Å². The first kappa shape index (κ1) is 15.2. The Morgan fingerprint density at radius 2 is 2.00 bits per heavy atom. The molecule has 0 atom stereocenters. The fraction of sp³-hybridized carbons (Fsp3) is 0.500. The van der Waals surface area contributed by atoms with Crippen LogP contribution >= 0.6 is 39.5 Å². The number of halogens is 1. The van der Waals surface area contributed by atoms with Crippen LogP contribution in [-0.4, -0.2) is 56.0 Å². The van der Waals surface area contributed by atoms with Gasteiger partial charge in [-0.2, -0.15) is 4.31 Å². The van der Waals surface area contributed by atoms with Crippen molar-refractivity contribution in [2.45, 2.75) is 4.21 Å². The summed E-state index contributed by atoms with van der Waals surface area (Å²) in [6, 6.07) is 3.39. The van der Waals surface area contributed by atoms with E-state index in [1.165, 1.54) is 15.6 Å². The molecule has 1 aromatic rings. The van der Waals surface area contributed by atoms with E-state index in [0.29, 0.717) is 35.5 Å². The summed E-state index contributed by atoms with van der Waals surface area (Å²) in [7, 11) is -1.59. The lowest BCUT2D eigenvalue weighted by Crippen LogP contribution is -2.52. The molecule has 0 amide bonds. The number of piperazine rings is 1. The third kappa shape index (κ3) is 3.27. The molecule has 1 aromatic heterocycles. The summed E-state index contributed by atoms with van der Waals surface area (Å²) in [5.74, 6) is 0. The number of nitrogens with one attached hydrogen (secondary N) is 1. The highest BCUT2D eigenvalue weighted by molar-refractivity contribution is 9.11. The monoisotopic (exact) mass is 383 g/mol. The van der Waals surface area contributed by atoms with Gasteiger partial charge in [0.2, 0.25) is 0 Å². The van der Waals surface area contributed by atoms with Crippen LogP contribution < -0.4 is 5.32 Å². The summed E-state index contributed by atoms with van der Waals surface area (Å²) in [4.78, 5) is 1.98. The van der Waals surface area contributed by atoms with E-state index in [2.05, 4.69) is 21.2 Å². The number of sulfonamides is 1. The maximum atomic E-state index is 12.4. The molecule has 9 heteroatoms. The lowest BCUT2D eigenvalue weighted by Gasteiger charge is -2.34. The van der Waals surface area contributed by atoms with Crippen LogP contribution in [0.3, 0.4) is 0 Å². The average molecular weight is 384 g/mol. The van der Waals surface area contributed by atoms with Crippen molar-refractivity contribution < 1.29 is 8.42 Å². The second-order valence-electron chi connectivity index (χ2n) is 4.00. The summed E-state index contributed by atoms with van der Waals surface area (Å²) >= 11 is 9.67. The molecule has 0 bridgehead atoms. The van der Waals surface area contributed by atoms with Crippen LogP contribution in [0, 0.1) is 0 Å². The Kier molecular flexibility index (Phi) is 4.83. The van der Waals surface area contributed by atoms with E-state index < -0.39 is 10.0 Å². The normalized spacial score (nSPS) is 17.5. The third-order valence-corrected chi connectivity index (χ3v) is 7.33.